The van der Waals surface area contributed by atoms with E-state index in [1.165, 1.54) is 6.07 Å². The topological polar surface area (TPSA) is 94.6 Å². The molecule has 4 amide bonds. The second kappa shape index (κ2) is 7.44. The average Bonchev–Trinajstić information content (AvgIpc) is 3.00. The van der Waals surface area contributed by atoms with Gasteiger partial charge in [0.2, 0.25) is 5.91 Å². The van der Waals surface area contributed by atoms with Gasteiger partial charge in [-0.2, -0.15) is 13.2 Å². The Bertz CT molecular complexity index is 842. The number of halogens is 3. The van der Waals surface area contributed by atoms with Crippen LogP contribution in [-0.4, -0.2) is 59.4 Å². The fraction of sp³-hybridized carbons (Fsp3) is 0.579. The van der Waals surface area contributed by atoms with Crippen molar-refractivity contribution in [1.82, 2.24) is 20.5 Å². The fourth-order valence-electron chi connectivity index (χ4n) is 4.34. The van der Waals surface area contributed by atoms with Crippen molar-refractivity contribution in [3.63, 3.8) is 0 Å². The molecule has 0 bridgehead atoms. The number of rotatable bonds is 2. The zero-order valence-electron chi connectivity index (χ0n) is 16.2. The van der Waals surface area contributed by atoms with Crippen molar-refractivity contribution >= 4 is 23.7 Å². The Kier molecular flexibility index (Phi) is 5.07. The number of nitrogens with zero attached hydrogens (tertiary/aromatic N) is 3. The second-order valence-electron chi connectivity index (χ2n) is 7.98. The molecule has 162 valence electrons. The van der Waals surface area contributed by atoms with E-state index >= 15 is 0 Å². The van der Waals surface area contributed by atoms with Gasteiger partial charge in [0.25, 0.3) is 5.91 Å². The molecule has 0 aliphatic carbocycles. The van der Waals surface area contributed by atoms with Crippen molar-refractivity contribution in [2.24, 2.45) is 5.92 Å². The Labute approximate surface area is 170 Å². The maximum atomic E-state index is 12.9. The molecular formula is C19H22F3N5O3. The van der Waals surface area contributed by atoms with Crippen molar-refractivity contribution in [2.75, 3.05) is 31.1 Å². The predicted octanol–water partition coefficient (Wildman–Crippen LogP) is 1.52. The van der Waals surface area contributed by atoms with Gasteiger partial charge in [-0.3, -0.25) is 14.9 Å². The minimum atomic E-state index is -4.42. The van der Waals surface area contributed by atoms with Crippen LogP contribution >= 0.6 is 0 Å². The van der Waals surface area contributed by atoms with E-state index < -0.39 is 23.3 Å². The van der Waals surface area contributed by atoms with Gasteiger partial charge in [-0.05, 0) is 37.8 Å². The lowest BCUT2D eigenvalue weighted by molar-refractivity contribution is -0.140. The average molecular weight is 425 g/mol. The van der Waals surface area contributed by atoms with E-state index in [0.717, 1.165) is 12.3 Å². The first-order valence-corrected chi connectivity index (χ1v) is 9.88. The number of alkyl halides is 3. The maximum absolute atomic E-state index is 12.9. The third-order valence-electron chi connectivity index (χ3n) is 6.19. The molecule has 8 nitrogen and oxygen atoms in total. The Morgan fingerprint density at radius 2 is 1.77 bits per heavy atom. The van der Waals surface area contributed by atoms with Gasteiger partial charge in [-0.15, -0.1) is 0 Å². The minimum absolute atomic E-state index is 0.0228. The lowest BCUT2D eigenvalue weighted by atomic mass is 9.86. The smallest absolute Gasteiger partial charge is 0.357 e. The number of amides is 4. The van der Waals surface area contributed by atoms with Gasteiger partial charge in [0.1, 0.15) is 11.4 Å². The summed E-state index contributed by atoms with van der Waals surface area (Å²) in [4.78, 5) is 43.8. The Hall–Kier alpha value is -2.85. The summed E-state index contributed by atoms with van der Waals surface area (Å²) in [5.41, 5.74) is -1.70. The summed E-state index contributed by atoms with van der Waals surface area (Å²) in [5.74, 6) is -0.0138. The van der Waals surface area contributed by atoms with Crippen molar-refractivity contribution in [1.29, 1.82) is 0 Å². The molecule has 4 heterocycles. The molecule has 4 rings (SSSR count). The zero-order chi connectivity index (χ0) is 21.5. The van der Waals surface area contributed by atoms with Crippen molar-refractivity contribution in [3.05, 3.63) is 23.9 Å². The Morgan fingerprint density at radius 1 is 1.10 bits per heavy atom. The van der Waals surface area contributed by atoms with Crippen LogP contribution in [0.3, 0.4) is 0 Å². The first kappa shape index (κ1) is 20.4. The quantitative estimate of drug-likeness (QED) is 0.701. The molecule has 2 N–H and O–H groups in total. The largest absolute Gasteiger partial charge is 0.417 e. The van der Waals surface area contributed by atoms with Crippen molar-refractivity contribution in [2.45, 2.75) is 37.4 Å². The molecule has 0 aromatic carbocycles. The number of hydrogen-bond acceptors (Lipinski definition) is 5. The van der Waals surface area contributed by atoms with Crippen LogP contribution in [0.25, 0.3) is 0 Å². The number of aromatic nitrogens is 1. The number of nitrogens with one attached hydrogen (secondary N) is 2. The van der Waals surface area contributed by atoms with Gasteiger partial charge in [0.05, 0.1) is 5.56 Å². The molecular weight excluding hydrogens is 403 g/mol. The van der Waals surface area contributed by atoms with Gasteiger partial charge < -0.3 is 15.1 Å². The highest BCUT2D eigenvalue weighted by atomic mass is 19.4. The fourth-order valence-corrected chi connectivity index (χ4v) is 4.34. The summed E-state index contributed by atoms with van der Waals surface area (Å²) < 4.78 is 38.0. The van der Waals surface area contributed by atoms with Gasteiger partial charge in [-0.1, -0.05) is 0 Å². The summed E-state index contributed by atoms with van der Waals surface area (Å²) in [7, 11) is 0. The second-order valence-corrected chi connectivity index (χ2v) is 7.98. The molecule has 0 unspecified atom stereocenters. The molecule has 11 heteroatoms. The number of imide groups is 1. The molecule has 1 aromatic rings. The Morgan fingerprint density at radius 3 is 2.27 bits per heavy atom. The number of hydrogen-bond donors (Lipinski definition) is 2. The molecule has 1 aromatic heterocycles. The normalized spacial score (nSPS) is 22.2. The summed E-state index contributed by atoms with van der Waals surface area (Å²) in [6, 6.07) is 1.88. The highest BCUT2D eigenvalue weighted by Crippen LogP contribution is 2.31. The van der Waals surface area contributed by atoms with Crippen LogP contribution in [0.4, 0.5) is 23.8 Å². The first-order chi connectivity index (χ1) is 14.2. The van der Waals surface area contributed by atoms with Crippen LogP contribution in [0.5, 0.6) is 0 Å². The standard InChI is InChI=1S/C19H22F3N5O3/c20-19(21,22)13-1-2-14(23-11-13)26-7-3-12(4-8-26)15(28)27-9-5-18(6-10-27)16(29)24-17(30)25-18/h1-2,11-12H,3-10H2,(H2,24,25,29,30). The molecule has 3 fully saturated rings. The highest BCUT2D eigenvalue weighted by Gasteiger charge is 2.48. The van der Waals surface area contributed by atoms with E-state index in [0.29, 0.717) is 57.7 Å². The summed E-state index contributed by atoms with van der Waals surface area (Å²) in [5, 5.41) is 4.92. The number of carbonyl (C=O) groups excluding carboxylic acids is 3. The molecule has 3 aliphatic heterocycles. The SMILES string of the molecule is O=C1NC(=O)C2(CCN(C(=O)C3CCN(c4ccc(C(F)(F)F)cn4)CC3)CC2)N1. The summed E-state index contributed by atoms with van der Waals surface area (Å²) in [6.45, 7) is 1.86. The Balaban J connectivity index is 1.30. The highest BCUT2D eigenvalue weighted by molar-refractivity contribution is 6.07. The van der Waals surface area contributed by atoms with Gasteiger partial charge >= 0.3 is 12.2 Å². The molecule has 0 saturated carbocycles. The van der Waals surface area contributed by atoms with E-state index in [1.54, 1.807) is 4.90 Å². The number of anilines is 1. The minimum Gasteiger partial charge on any atom is -0.357 e. The molecule has 30 heavy (non-hydrogen) atoms. The first-order valence-electron chi connectivity index (χ1n) is 9.88. The zero-order valence-corrected chi connectivity index (χ0v) is 16.2. The summed E-state index contributed by atoms with van der Waals surface area (Å²) >= 11 is 0. The van der Waals surface area contributed by atoms with E-state index in [2.05, 4.69) is 15.6 Å². The third-order valence-corrected chi connectivity index (χ3v) is 6.19. The van der Waals surface area contributed by atoms with Crippen LogP contribution in [-0.2, 0) is 15.8 Å². The van der Waals surface area contributed by atoms with Gasteiger partial charge in [0.15, 0.2) is 0 Å². The van der Waals surface area contributed by atoms with Crippen LogP contribution in [0, 0.1) is 5.92 Å². The number of likely N-dealkylation sites (tertiary alicyclic amines) is 1. The van der Waals surface area contributed by atoms with Crippen molar-refractivity contribution in [3.8, 4) is 0 Å². The van der Waals surface area contributed by atoms with Crippen molar-refractivity contribution < 1.29 is 27.6 Å². The molecule has 1 spiro atoms. The number of piperidine rings is 2. The monoisotopic (exact) mass is 425 g/mol. The predicted molar refractivity (Wildman–Crippen MR) is 99.4 cm³/mol. The van der Waals surface area contributed by atoms with E-state index in [9.17, 15) is 27.6 Å². The maximum Gasteiger partial charge on any atom is 0.417 e. The molecule has 0 radical (unpaired) electrons. The lowest BCUT2D eigenvalue weighted by Crippen LogP contribution is -2.56. The van der Waals surface area contributed by atoms with E-state index in [-0.39, 0.29) is 17.7 Å². The van der Waals surface area contributed by atoms with Gasteiger partial charge in [0, 0.05) is 38.3 Å². The molecule has 0 atom stereocenters. The van der Waals surface area contributed by atoms with E-state index in [1.807, 2.05) is 4.90 Å². The van der Waals surface area contributed by atoms with Crippen LogP contribution < -0.4 is 15.5 Å². The number of urea groups is 1. The van der Waals surface area contributed by atoms with E-state index in [4.69, 9.17) is 0 Å². The number of carbonyl (C=O) groups is 3. The number of pyridine rings is 1. The lowest BCUT2D eigenvalue weighted by Gasteiger charge is -2.40. The molecule has 3 saturated heterocycles. The summed E-state index contributed by atoms with van der Waals surface area (Å²) in [6.07, 6.45) is -1.66. The third kappa shape index (κ3) is 3.80. The van der Waals surface area contributed by atoms with Gasteiger partial charge in [-0.25, -0.2) is 9.78 Å². The van der Waals surface area contributed by atoms with Crippen LogP contribution in [0.15, 0.2) is 18.3 Å². The van der Waals surface area contributed by atoms with Crippen LogP contribution in [0.1, 0.15) is 31.2 Å². The molecule has 3 aliphatic rings. The van der Waals surface area contributed by atoms with Crippen LogP contribution in [0.2, 0.25) is 0 Å².